The molecule has 1 amide bonds. The van der Waals surface area contributed by atoms with Crippen molar-refractivity contribution in [1.29, 1.82) is 0 Å². The number of carbonyl (C=O) groups is 1. The van der Waals surface area contributed by atoms with E-state index in [0.29, 0.717) is 11.6 Å². The highest BCUT2D eigenvalue weighted by Gasteiger charge is 2.19. The Bertz CT molecular complexity index is 635. The molecule has 1 aromatic carbocycles. The van der Waals surface area contributed by atoms with Crippen LogP contribution in [0.5, 0.6) is 0 Å². The van der Waals surface area contributed by atoms with Crippen LogP contribution in [-0.4, -0.2) is 16.8 Å². The van der Waals surface area contributed by atoms with Crippen molar-refractivity contribution in [3.63, 3.8) is 0 Å². The highest BCUT2D eigenvalue weighted by Crippen LogP contribution is 2.27. The molecule has 0 aliphatic rings. The molecule has 2 rings (SSSR count). The molecule has 1 heterocycles. The van der Waals surface area contributed by atoms with Crippen molar-refractivity contribution in [1.82, 2.24) is 5.16 Å². The second-order valence-electron chi connectivity index (χ2n) is 5.59. The van der Waals surface area contributed by atoms with Crippen LogP contribution >= 0.6 is 27.7 Å². The van der Waals surface area contributed by atoms with Gasteiger partial charge in [0.15, 0.2) is 0 Å². The molecular weight excluding hydrogens is 352 g/mol. The minimum atomic E-state index is -0.118. The summed E-state index contributed by atoms with van der Waals surface area (Å²) < 4.78 is 6.12. The van der Waals surface area contributed by atoms with Crippen LogP contribution in [0.4, 0.5) is 5.88 Å². The average Bonchev–Trinajstić information content (AvgIpc) is 2.86. The maximum atomic E-state index is 11.9. The van der Waals surface area contributed by atoms with Crippen LogP contribution in [0.3, 0.4) is 0 Å². The monoisotopic (exact) mass is 368 g/mol. The minimum absolute atomic E-state index is 0.101. The number of amides is 1. The van der Waals surface area contributed by atoms with Crippen molar-refractivity contribution in [2.45, 2.75) is 31.1 Å². The highest BCUT2D eigenvalue weighted by atomic mass is 79.9. The Labute approximate surface area is 136 Å². The van der Waals surface area contributed by atoms with Crippen LogP contribution in [-0.2, 0) is 10.2 Å². The topological polar surface area (TPSA) is 55.1 Å². The summed E-state index contributed by atoms with van der Waals surface area (Å²) in [6.07, 6.45) is 0. The number of benzene rings is 1. The fourth-order valence-corrected chi connectivity index (χ4v) is 2.93. The number of aromatic nitrogens is 1. The van der Waals surface area contributed by atoms with Crippen LogP contribution < -0.4 is 5.32 Å². The van der Waals surface area contributed by atoms with E-state index < -0.39 is 0 Å². The predicted octanol–water partition coefficient (Wildman–Crippen LogP) is 4.47. The van der Waals surface area contributed by atoms with Gasteiger partial charge in [0.05, 0.1) is 11.4 Å². The summed E-state index contributed by atoms with van der Waals surface area (Å²) in [5.41, 5.74) is 0.715. The Morgan fingerprint density at radius 2 is 2.10 bits per heavy atom. The van der Waals surface area contributed by atoms with Crippen molar-refractivity contribution < 1.29 is 9.32 Å². The molecule has 1 aromatic heterocycles. The Balaban J connectivity index is 1.90. The summed E-state index contributed by atoms with van der Waals surface area (Å²) in [7, 11) is 0. The number of carbonyl (C=O) groups excluding carboxylic acids is 1. The van der Waals surface area contributed by atoms with Gasteiger partial charge in [-0.05, 0) is 28.1 Å². The number of nitrogens with one attached hydrogen (secondary N) is 1. The number of hydrogen-bond donors (Lipinski definition) is 1. The number of halogens is 1. The molecule has 21 heavy (non-hydrogen) atoms. The molecule has 0 aliphatic heterocycles. The van der Waals surface area contributed by atoms with Gasteiger partial charge in [-0.15, -0.1) is 11.8 Å². The standard InChI is InChI=1S/C15H17BrN2O2S/c1-15(2,3)12-8-14(20-18-12)17-13(19)9-21-11-7-5-4-6-10(11)16/h4-8H,9H2,1-3H3,(H,17,19). The molecule has 0 saturated heterocycles. The van der Waals surface area contributed by atoms with Gasteiger partial charge < -0.3 is 4.52 Å². The van der Waals surface area contributed by atoms with Crippen LogP contribution in [0.25, 0.3) is 0 Å². The van der Waals surface area contributed by atoms with Crippen LogP contribution in [0.15, 0.2) is 44.2 Å². The fourth-order valence-electron chi connectivity index (χ4n) is 1.57. The van der Waals surface area contributed by atoms with E-state index in [4.69, 9.17) is 4.52 Å². The Kier molecular flexibility index (Phi) is 5.11. The number of hydrogen-bond acceptors (Lipinski definition) is 4. The van der Waals surface area contributed by atoms with E-state index in [-0.39, 0.29) is 11.3 Å². The van der Waals surface area contributed by atoms with Gasteiger partial charge in [0.1, 0.15) is 0 Å². The number of nitrogens with zero attached hydrogens (tertiary/aromatic N) is 1. The molecule has 0 fully saturated rings. The first-order valence-corrected chi connectivity index (χ1v) is 8.28. The first kappa shape index (κ1) is 16.1. The molecule has 0 bridgehead atoms. The molecular formula is C15H17BrN2O2S. The SMILES string of the molecule is CC(C)(C)c1cc(NC(=O)CSc2ccccc2Br)on1. The second-order valence-corrected chi connectivity index (χ2v) is 7.47. The van der Waals surface area contributed by atoms with Crippen LogP contribution in [0.2, 0.25) is 0 Å². The average molecular weight is 369 g/mol. The third-order valence-electron chi connectivity index (χ3n) is 2.74. The van der Waals surface area contributed by atoms with Gasteiger partial charge in [-0.25, -0.2) is 0 Å². The van der Waals surface area contributed by atoms with Gasteiger partial charge in [-0.3, -0.25) is 10.1 Å². The highest BCUT2D eigenvalue weighted by molar-refractivity contribution is 9.10. The lowest BCUT2D eigenvalue weighted by Crippen LogP contribution is -2.14. The summed E-state index contributed by atoms with van der Waals surface area (Å²) in [6, 6.07) is 9.56. The lowest BCUT2D eigenvalue weighted by Gasteiger charge is -2.12. The van der Waals surface area contributed by atoms with E-state index in [1.54, 1.807) is 6.07 Å². The molecule has 0 radical (unpaired) electrons. The Hall–Kier alpha value is -1.27. The van der Waals surface area contributed by atoms with E-state index in [1.165, 1.54) is 11.8 Å². The van der Waals surface area contributed by atoms with Gasteiger partial charge in [0.25, 0.3) is 0 Å². The van der Waals surface area contributed by atoms with Crippen molar-refractivity contribution in [2.75, 3.05) is 11.1 Å². The van der Waals surface area contributed by atoms with Gasteiger partial charge in [0, 0.05) is 20.8 Å². The number of rotatable bonds is 4. The summed E-state index contributed by atoms with van der Waals surface area (Å²) in [6.45, 7) is 6.12. The Morgan fingerprint density at radius 1 is 1.38 bits per heavy atom. The number of anilines is 1. The first-order valence-electron chi connectivity index (χ1n) is 6.50. The maximum Gasteiger partial charge on any atom is 0.237 e. The predicted molar refractivity (Wildman–Crippen MR) is 88.7 cm³/mol. The third-order valence-corrected chi connectivity index (χ3v) is 4.76. The molecule has 6 heteroatoms. The Morgan fingerprint density at radius 3 is 2.71 bits per heavy atom. The maximum absolute atomic E-state index is 11.9. The van der Waals surface area contributed by atoms with Crippen molar-refractivity contribution in [2.24, 2.45) is 0 Å². The summed E-state index contributed by atoms with van der Waals surface area (Å²) >= 11 is 4.92. The zero-order valence-electron chi connectivity index (χ0n) is 12.1. The summed E-state index contributed by atoms with van der Waals surface area (Å²) in [4.78, 5) is 12.9. The quantitative estimate of drug-likeness (QED) is 0.809. The van der Waals surface area contributed by atoms with Gasteiger partial charge in [0.2, 0.25) is 11.8 Å². The van der Waals surface area contributed by atoms with E-state index in [1.807, 2.05) is 45.0 Å². The van der Waals surface area contributed by atoms with Gasteiger partial charge in [-0.1, -0.05) is 38.1 Å². The zero-order chi connectivity index (χ0) is 15.5. The molecule has 2 aromatic rings. The van der Waals surface area contributed by atoms with E-state index in [2.05, 4.69) is 26.4 Å². The van der Waals surface area contributed by atoms with Crippen LogP contribution in [0, 0.1) is 0 Å². The van der Waals surface area contributed by atoms with E-state index in [0.717, 1.165) is 15.1 Å². The fraction of sp³-hybridized carbons (Fsp3) is 0.333. The minimum Gasteiger partial charge on any atom is -0.338 e. The van der Waals surface area contributed by atoms with Crippen LogP contribution in [0.1, 0.15) is 26.5 Å². The molecule has 0 aliphatic carbocycles. The molecule has 4 nitrogen and oxygen atoms in total. The summed E-state index contributed by atoms with van der Waals surface area (Å²) in [5.74, 6) is 0.582. The molecule has 1 N–H and O–H groups in total. The molecule has 0 spiro atoms. The molecule has 0 atom stereocenters. The first-order chi connectivity index (χ1) is 9.86. The number of thioether (sulfide) groups is 1. The molecule has 112 valence electrons. The lowest BCUT2D eigenvalue weighted by molar-refractivity contribution is -0.113. The van der Waals surface area contributed by atoms with Crippen molar-refractivity contribution >= 4 is 39.5 Å². The van der Waals surface area contributed by atoms with Gasteiger partial charge in [-0.2, -0.15) is 0 Å². The van der Waals surface area contributed by atoms with E-state index >= 15 is 0 Å². The smallest absolute Gasteiger partial charge is 0.237 e. The van der Waals surface area contributed by atoms with Crippen molar-refractivity contribution in [3.8, 4) is 0 Å². The molecule has 0 saturated carbocycles. The normalized spacial score (nSPS) is 11.4. The second kappa shape index (κ2) is 6.66. The van der Waals surface area contributed by atoms with E-state index in [9.17, 15) is 4.79 Å². The largest absolute Gasteiger partial charge is 0.338 e. The molecule has 0 unspecified atom stereocenters. The lowest BCUT2D eigenvalue weighted by atomic mass is 9.92. The van der Waals surface area contributed by atoms with Gasteiger partial charge >= 0.3 is 0 Å². The third kappa shape index (κ3) is 4.61. The summed E-state index contributed by atoms with van der Waals surface area (Å²) in [5, 5.41) is 6.69. The van der Waals surface area contributed by atoms with Crippen molar-refractivity contribution in [3.05, 3.63) is 40.5 Å². The zero-order valence-corrected chi connectivity index (χ0v) is 14.5.